The molecule has 98 valence electrons. The first-order valence-corrected chi connectivity index (χ1v) is 6.40. The molecule has 0 atom stereocenters. The van der Waals surface area contributed by atoms with Crippen LogP contribution in [0, 0.1) is 5.41 Å². The van der Waals surface area contributed by atoms with Crippen LogP contribution in [0.5, 0.6) is 0 Å². The molecule has 2 rings (SSSR count). The molecule has 1 aliphatic rings. The number of piperidine rings is 1. The maximum Gasteiger partial charge on any atom is 0.303 e. The summed E-state index contributed by atoms with van der Waals surface area (Å²) in [7, 11) is 0. The van der Waals surface area contributed by atoms with Crippen molar-refractivity contribution >= 4 is 5.97 Å². The van der Waals surface area contributed by atoms with Gasteiger partial charge in [0.25, 0.3) is 0 Å². The van der Waals surface area contributed by atoms with Crippen LogP contribution in [-0.4, -0.2) is 34.0 Å². The number of nitrogens with zero attached hydrogens (tertiary/aromatic N) is 2. The molecule has 1 aromatic heterocycles. The summed E-state index contributed by atoms with van der Waals surface area (Å²) in [6.45, 7) is 4.94. The van der Waals surface area contributed by atoms with E-state index in [2.05, 4.69) is 22.9 Å². The van der Waals surface area contributed by atoms with E-state index >= 15 is 0 Å². The molecular weight excluding hydrogens is 228 g/mol. The van der Waals surface area contributed by atoms with Crippen molar-refractivity contribution in [1.82, 2.24) is 9.88 Å². The van der Waals surface area contributed by atoms with Crippen molar-refractivity contribution in [3.63, 3.8) is 0 Å². The molecule has 1 aromatic rings. The summed E-state index contributed by atoms with van der Waals surface area (Å²) in [5.41, 5.74) is 1.19. The summed E-state index contributed by atoms with van der Waals surface area (Å²) >= 11 is 0. The summed E-state index contributed by atoms with van der Waals surface area (Å²) in [6.07, 6.45) is 5.88. The molecule has 0 unspecified atom stereocenters. The third-order valence-electron chi connectivity index (χ3n) is 3.77. The Kier molecular flexibility index (Phi) is 3.97. The lowest BCUT2D eigenvalue weighted by Gasteiger charge is -2.38. The first kappa shape index (κ1) is 13.0. The normalized spacial score (nSPS) is 19.6. The number of aliphatic carboxylic acids is 1. The van der Waals surface area contributed by atoms with Crippen LogP contribution in [0.25, 0.3) is 0 Å². The maximum absolute atomic E-state index is 10.8. The van der Waals surface area contributed by atoms with E-state index in [-0.39, 0.29) is 11.8 Å². The monoisotopic (exact) mass is 248 g/mol. The highest BCUT2D eigenvalue weighted by atomic mass is 16.4. The van der Waals surface area contributed by atoms with Crippen LogP contribution in [0.2, 0.25) is 0 Å². The fraction of sp³-hybridized carbons (Fsp3) is 0.571. The van der Waals surface area contributed by atoms with Gasteiger partial charge in [0.2, 0.25) is 0 Å². The van der Waals surface area contributed by atoms with Gasteiger partial charge in [-0.3, -0.25) is 14.7 Å². The second kappa shape index (κ2) is 5.48. The zero-order valence-corrected chi connectivity index (χ0v) is 10.8. The van der Waals surface area contributed by atoms with Crippen molar-refractivity contribution in [2.24, 2.45) is 5.41 Å². The third-order valence-corrected chi connectivity index (χ3v) is 3.77. The van der Waals surface area contributed by atoms with Crippen molar-refractivity contribution in [1.29, 1.82) is 0 Å². The van der Waals surface area contributed by atoms with Gasteiger partial charge in [-0.1, -0.05) is 13.0 Å². The van der Waals surface area contributed by atoms with Gasteiger partial charge in [-0.05, 0) is 43.0 Å². The Morgan fingerprint density at radius 1 is 1.50 bits per heavy atom. The number of carbonyl (C=O) groups is 1. The summed E-state index contributed by atoms with van der Waals surface area (Å²) in [6, 6.07) is 4.03. The number of rotatable bonds is 4. The summed E-state index contributed by atoms with van der Waals surface area (Å²) < 4.78 is 0. The van der Waals surface area contributed by atoms with Crippen LogP contribution in [0.1, 0.15) is 31.7 Å². The van der Waals surface area contributed by atoms with Crippen LogP contribution in [-0.2, 0) is 11.3 Å². The van der Waals surface area contributed by atoms with Crippen molar-refractivity contribution in [2.75, 3.05) is 13.1 Å². The molecule has 0 spiro atoms. The number of pyridine rings is 1. The fourth-order valence-electron chi connectivity index (χ4n) is 2.54. The molecule has 0 radical (unpaired) electrons. The molecule has 1 fully saturated rings. The van der Waals surface area contributed by atoms with E-state index < -0.39 is 5.97 Å². The minimum Gasteiger partial charge on any atom is -0.481 e. The number of hydrogen-bond donors (Lipinski definition) is 1. The van der Waals surface area contributed by atoms with E-state index in [0.717, 1.165) is 32.5 Å². The van der Waals surface area contributed by atoms with Gasteiger partial charge in [0.1, 0.15) is 0 Å². The van der Waals surface area contributed by atoms with Crippen molar-refractivity contribution in [3.05, 3.63) is 30.1 Å². The highest BCUT2D eigenvalue weighted by molar-refractivity contribution is 5.67. The number of carboxylic acid groups (broad SMARTS) is 1. The Morgan fingerprint density at radius 2 is 2.22 bits per heavy atom. The van der Waals surface area contributed by atoms with E-state index in [1.165, 1.54) is 5.56 Å². The maximum atomic E-state index is 10.8. The molecule has 4 nitrogen and oxygen atoms in total. The highest BCUT2D eigenvalue weighted by Gasteiger charge is 2.32. The van der Waals surface area contributed by atoms with Gasteiger partial charge in [0.05, 0.1) is 6.42 Å². The minimum absolute atomic E-state index is 0.0305. The number of hydrogen-bond acceptors (Lipinski definition) is 3. The molecule has 0 saturated carbocycles. The first-order valence-electron chi connectivity index (χ1n) is 6.40. The standard InChI is InChI=1S/C14H20N2O2/c1-14(9-13(17)18)4-7-16(8-5-14)11-12-3-2-6-15-10-12/h2-3,6,10H,4-5,7-9,11H2,1H3,(H,17,18). The topological polar surface area (TPSA) is 53.4 Å². The highest BCUT2D eigenvalue weighted by Crippen LogP contribution is 2.34. The molecule has 0 aromatic carbocycles. The van der Waals surface area contributed by atoms with Gasteiger partial charge in [-0.15, -0.1) is 0 Å². The van der Waals surface area contributed by atoms with Crippen LogP contribution < -0.4 is 0 Å². The Labute approximate surface area is 108 Å². The van der Waals surface area contributed by atoms with E-state index in [0.29, 0.717) is 0 Å². The number of carboxylic acids is 1. The third kappa shape index (κ3) is 3.53. The molecule has 2 heterocycles. The summed E-state index contributed by atoms with van der Waals surface area (Å²) in [4.78, 5) is 17.3. The largest absolute Gasteiger partial charge is 0.481 e. The first-order chi connectivity index (χ1) is 8.57. The van der Waals surface area contributed by atoms with Crippen molar-refractivity contribution in [2.45, 2.75) is 32.7 Å². The van der Waals surface area contributed by atoms with Crippen LogP contribution in [0.3, 0.4) is 0 Å². The predicted octanol–water partition coefficient (Wildman–Crippen LogP) is 2.16. The average molecular weight is 248 g/mol. The van der Waals surface area contributed by atoms with Crippen LogP contribution in [0.4, 0.5) is 0 Å². The Hall–Kier alpha value is -1.42. The Morgan fingerprint density at radius 3 is 2.78 bits per heavy atom. The van der Waals surface area contributed by atoms with Gasteiger partial charge in [-0.2, -0.15) is 0 Å². The molecule has 1 N–H and O–H groups in total. The zero-order valence-electron chi connectivity index (χ0n) is 10.8. The van der Waals surface area contributed by atoms with Gasteiger partial charge in [-0.25, -0.2) is 0 Å². The molecule has 0 amide bonds. The predicted molar refractivity (Wildman–Crippen MR) is 69.1 cm³/mol. The van der Waals surface area contributed by atoms with E-state index in [1.54, 1.807) is 6.20 Å². The lowest BCUT2D eigenvalue weighted by atomic mass is 9.77. The fourth-order valence-corrected chi connectivity index (χ4v) is 2.54. The lowest BCUT2D eigenvalue weighted by Crippen LogP contribution is -2.39. The van der Waals surface area contributed by atoms with Gasteiger partial charge in [0.15, 0.2) is 0 Å². The molecule has 4 heteroatoms. The van der Waals surface area contributed by atoms with Gasteiger partial charge in [0, 0.05) is 18.9 Å². The van der Waals surface area contributed by atoms with Gasteiger partial charge < -0.3 is 5.11 Å². The Balaban J connectivity index is 1.85. The smallest absolute Gasteiger partial charge is 0.303 e. The molecule has 18 heavy (non-hydrogen) atoms. The molecule has 0 aliphatic carbocycles. The molecular formula is C14H20N2O2. The van der Waals surface area contributed by atoms with E-state index in [1.807, 2.05) is 12.3 Å². The van der Waals surface area contributed by atoms with Crippen molar-refractivity contribution < 1.29 is 9.90 Å². The van der Waals surface area contributed by atoms with Crippen LogP contribution >= 0.6 is 0 Å². The van der Waals surface area contributed by atoms with E-state index in [9.17, 15) is 4.79 Å². The lowest BCUT2D eigenvalue weighted by molar-refractivity contribution is -0.140. The van der Waals surface area contributed by atoms with Gasteiger partial charge >= 0.3 is 5.97 Å². The number of aromatic nitrogens is 1. The average Bonchev–Trinajstić information content (AvgIpc) is 2.33. The van der Waals surface area contributed by atoms with Crippen LogP contribution in [0.15, 0.2) is 24.5 Å². The molecule has 1 aliphatic heterocycles. The number of likely N-dealkylation sites (tertiary alicyclic amines) is 1. The summed E-state index contributed by atoms with van der Waals surface area (Å²) in [5, 5.41) is 8.91. The zero-order chi connectivity index (χ0) is 13.0. The minimum atomic E-state index is -0.682. The summed E-state index contributed by atoms with van der Waals surface area (Å²) in [5.74, 6) is -0.682. The Bertz CT molecular complexity index is 398. The molecule has 1 saturated heterocycles. The second-order valence-electron chi connectivity index (χ2n) is 5.52. The second-order valence-corrected chi connectivity index (χ2v) is 5.52. The quantitative estimate of drug-likeness (QED) is 0.887. The SMILES string of the molecule is CC1(CC(=O)O)CCN(Cc2cccnc2)CC1. The molecule has 0 bridgehead atoms. The van der Waals surface area contributed by atoms with E-state index in [4.69, 9.17) is 5.11 Å². The van der Waals surface area contributed by atoms with Crippen molar-refractivity contribution in [3.8, 4) is 0 Å².